The molecule has 0 aliphatic heterocycles. The number of primary sulfonamides is 1. The fraction of sp³-hybridized carbons (Fsp3) is 0.450. The van der Waals surface area contributed by atoms with Gasteiger partial charge in [0.15, 0.2) is 0 Å². The van der Waals surface area contributed by atoms with Gasteiger partial charge in [0.25, 0.3) is 0 Å². The Balaban J connectivity index is 1.58. The first-order valence-corrected chi connectivity index (χ1v) is 11.5. The lowest BCUT2D eigenvalue weighted by Gasteiger charge is -2.23. The Morgan fingerprint density at radius 3 is 2.56 bits per heavy atom. The average molecular weight is 470 g/mol. The average Bonchev–Trinajstić information content (AvgIpc) is 3.17. The Labute approximate surface area is 184 Å². The molecule has 2 atom stereocenters. The van der Waals surface area contributed by atoms with Crippen LogP contribution in [0.15, 0.2) is 35.5 Å². The Morgan fingerprint density at radius 1 is 1.28 bits per heavy atom. The predicted octanol–water partition coefficient (Wildman–Crippen LogP) is 3.12. The quantitative estimate of drug-likeness (QED) is 0.567. The molecular formula is C20H25F2N5O4S. The molecule has 0 unspecified atom stereocenters. The molecule has 3 rings (SSSR count). The number of hydrogen-bond acceptors (Lipinski definition) is 7. The molecule has 0 bridgehead atoms. The first-order chi connectivity index (χ1) is 15.0. The molecule has 1 saturated carbocycles. The second kappa shape index (κ2) is 9.33. The van der Waals surface area contributed by atoms with Crippen LogP contribution in [-0.4, -0.2) is 42.8 Å². The highest BCUT2D eigenvalue weighted by Crippen LogP contribution is 2.35. The molecule has 0 saturated heterocycles. The van der Waals surface area contributed by atoms with Gasteiger partial charge < -0.3 is 15.4 Å². The molecule has 1 amide bonds. The minimum atomic E-state index is -4.00. The second-order valence-electron chi connectivity index (χ2n) is 8.33. The Kier molecular flexibility index (Phi) is 6.94. The first kappa shape index (κ1) is 23.8. The van der Waals surface area contributed by atoms with Crippen molar-refractivity contribution in [1.29, 1.82) is 0 Å². The molecule has 9 nitrogen and oxygen atoms in total. The number of benzene rings is 1. The van der Waals surface area contributed by atoms with E-state index in [0.29, 0.717) is 12.8 Å². The van der Waals surface area contributed by atoms with Crippen molar-refractivity contribution in [3.05, 3.63) is 42.0 Å². The van der Waals surface area contributed by atoms with Crippen LogP contribution in [0.3, 0.4) is 0 Å². The van der Waals surface area contributed by atoms with E-state index in [1.54, 1.807) is 26.2 Å². The van der Waals surface area contributed by atoms with E-state index in [9.17, 15) is 22.0 Å². The lowest BCUT2D eigenvalue weighted by Crippen LogP contribution is -2.46. The fourth-order valence-electron chi connectivity index (χ4n) is 3.35. The number of anilines is 2. The molecule has 174 valence electrons. The van der Waals surface area contributed by atoms with E-state index in [1.165, 1.54) is 12.1 Å². The predicted molar refractivity (Wildman–Crippen MR) is 113 cm³/mol. The number of halogens is 2. The Morgan fingerprint density at radius 2 is 1.97 bits per heavy atom. The van der Waals surface area contributed by atoms with E-state index in [1.807, 2.05) is 0 Å². The van der Waals surface area contributed by atoms with Gasteiger partial charge in [-0.15, -0.1) is 0 Å². The lowest BCUT2D eigenvalue weighted by molar-refractivity contribution is 0.0900. The maximum Gasteiger partial charge on any atom is 0.407 e. The highest BCUT2D eigenvalue weighted by Gasteiger charge is 2.30. The van der Waals surface area contributed by atoms with Gasteiger partial charge in [0.2, 0.25) is 16.0 Å². The zero-order valence-corrected chi connectivity index (χ0v) is 18.5. The van der Waals surface area contributed by atoms with Gasteiger partial charge in [0, 0.05) is 12.4 Å². The molecule has 1 fully saturated rings. The number of alkyl carbamates (subject to hydrolysis) is 1. The number of alkyl halides is 1. The maximum absolute atomic E-state index is 14.2. The van der Waals surface area contributed by atoms with E-state index in [-0.39, 0.29) is 28.6 Å². The van der Waals surface area contributed by atoms with Gasteiger partial charge in [-0.25, -0.2) is 37.1 Å². The summed E-state index contributed by atoms with van der Waals surface area (Å²) in [5.74, 6) is -0.592. The van der Waals surface area contributed by atoms with Crippen LogP contribution >= 0.6 is 0 Å². The minimum Gasteiger partial charge on any atom is -0.446 e. The minimum absolute atomic E-state index is 0.00157. The van der Waals surface area contributed by atoms with Crippen molar-refractivity contribution in [2.75, 3.05) is 12.0 Å². The summed E-state index contributed by atoms with van der Waals surface area (Å²) in [5.41, 5.74) is -0.137. The second-order valence-corrected chi connectivity index (χ2v) is 9.89. The monoisotopic (exact) mass is 469 g/mol. The van der Waals surface area contributed by atoms with Crippen molar-refractivity contribution < 1.29 is 26.7 Å². The third kappa shape index (κ3) is 6.10. The van der Waals surface area contributed by atoms with E-state index >= 15 is 0 Å². The number of sulfonamides is 1. The Bertz CT molecular complexity index is 1080. The molecule has 1 aliphatic carbocycles. The molecule has 1 heterocycles. The third-order valence-electron chi connectivity index (χ3n) is 5.09. The normalized spacial score (nSPS) is 18.9. The smallest absolute Gasteiger partial charge is 0.407 e. The van der Waals surface area contributed by atoms with E-state index < -0.39 is 34.1 Å². The summed E-state index contributed by atoms with van der Waals surface area (Å²) in [6.45, 7) is 2.44. The van der Waals surface area contributed by atoms with Gasteiger partial charge in [-0.05, 0) is 62.8 Å². The van der Waals surface area contributed by atoms with Crippen LogP contribution in [0.4, 0.5) is 25.2 Å². The number of nitrogens with zero attached hydrogens (tertiary/aromatic N) is 2. The standard InChI is InChI=1S/C20H25F2N5O4S/c1-20(2,11-21)27-19(28)31-14-4-3-12(7-14)13-9-24-18(25-10-13)26-17-6-5-15(8-16(17)22)32(23,29)30/h5-6,8-10,12,14H,3-4,7,11H2,1-2H3,(H,27,28)(H2,23,29,30)(H,24,25,26)/t12-,14+/m0/s1. The maximum atomic E-state index is 14.2. The molecule has 0 spiro atoms. The summed E-state index contributed by atoms with van der Waals surface area (Å²) in [6, 6.07) is 3.23. The molecule has 1 aromatic carbocycles. The number of nitrogens with one attached hydrogen (secondary N) is 2. The number of hydrogen-bond donors (Lipinski definition) is 3. The molecule has 2 aromatic rings. The third-order valence-corrected chi connectivity index (χ3v) is 6.00. The van der Waals surface area contributed by atoms with Gasteiger partial charge in [-0.2, -0.15) is 0 Å². The van der Waals surface area contributed by atoms with Crippen molar-refractivity contribution in [2.45, 2.75) is 55.6 Å². The summed E-state index contributed by atoms with van der Waals surface area (Å²) >= 11 is 0. The van der Waals surface area contributed by atoms with Crippen LogP contribution in [0.2, 0.25) is 0 Å². The summed E-state index contributed by atoms with van der Waals surface area (Å²) in [4.78, 5) is 20.0. The highest BCUT2D eigenvalue weighted by atomic mass is 32.2. The van der Waals surface area contributed by atoms with Crippen LogP contribution in [0.5, 0.6) is 0 Å². The zero-order chi connectivity index (χ0) is 23.5. The van der Waals surface area contributed by atoms with E-state index in [4.69, 9.17) is 9.88 Å². The number of aromatic nitrogens is 2. The molecular weight excluding hydrogens is 444 g/mol. The van der Waals surface area contributed by atoms with Crippen molar-refractivity contribution in [3.8, 4) is 0 Å². The lowest BCUT2D eigenvalue weighted by atomic mass is 10.0. The van der Waals surface area contributed by atoms with Crippen LogP contribution in [0, 0.1) is 5.82 Å². The van der Waals surface area contributed by atoms with Crippen molar-refractivity contribution in [1.82, 2.24) is 15.3 Å². The van der Waals surface area contributed by atoms with Gasteiger partial charge in [0.1, 0.15) is 18.6 Å². The number of carbonyl (C=O) groups excluding carboxylic acids is 1. The van der Waals surface area contributed by atoms with Crippen LogP contribution in [0.1, 0.15) is 44.6 Å². The van der Waals surface area contributed by atoms with E-state index in [2.05, 4.69) is 20.6 Å². The summed E-state index contributed by atoms with van der Waals surface area (Å²) < 4.78 is 55.0. The molecule has 1 aliphatic rings. The number of ether oxygens (including phenoxy) is 1. The molecule has 12 heteroatoms. The summed E-state index contributed by atoms with van der Waals surface area (Å²) in [5, 5.41) is 10.2. The molecule has 4 N–H and O–H groups in total. The van der Waals surface area contributed by atoms with Crippen molar-refractivity contribution in [2.24, 2.45) is 5.14 Å². The topological polar surface area (TPSA) is 136 Å². The van der Waals surface area contributed by atoms with E-state index in [0.717, 1.165) is 18.1 Å². The zero-order valence-electron chi connectivity index (χ0n) is 17.6. The van der Waals surface area contributed by atoms with Crippen molar-refractivity contribution >= 4 is 27.8 Å². The number of nitrogens with two attached hydrogens (primary N) is 1. The molecule has 1 aromatic heterocycles. The summed E-state index contributed by atoms with van der Waals surface area (Å²) in [6.07, 6.45) is 4.28. The van der Waals surface area contributed by atoms with Gasteiger partial charge in [-0.1, -0.05) is 0 Å². The van der Waals surface area contributed by atoms with Gasteiger partial charge in [0.05, 0.1) is 16.1 Å². The largest absolute Gasteiger partial charge is 0.446 e. The van der Waals surface area contributed by atoms with Crippen LogP contribution < -0.4 is 15.8 Å². The first-order valence-electron chi connectivity index (χ1n) is 9.93. The number of carbonyl (C=O) groups is 1. The van der Waals surface area contributed by atoms with Gasteiger partial charge >= 0.3 is 6.09 Å². The Hall–Kier alpha value is -2.86. The number of amides is 1. The number of rotatable bonds is 7. The van der Waals surface area contributed by atoms with Crippen LogP contribution in [0.25, 0.3) is 0 Å². The van der Waals surface area contributed by atoms with Crippen LogP contribution in [-0.2, 0) is 14.8 Å². The van der Waals surface area contributed by atoms with Gasteiger partial charge in [-0.3, -0.25) is 0 Å². The molecule has 0 radical (unpaired) electrons. The fourth-order valence-corrected chi connectivity index (χ4v) is 3.87. The SMILES string of the molecule is CC(C)(CF)NC(=O)O[C@@H]1CC[C@H](c2cnc(Nc3ccc(S(N)(=O)=O)cc3F)nc2)C1. The highest BCUT2D eigenvalue weighted by molar-refractivity contribution is 7.89. The summed E-state index contributed by atoms with van der Waals surface area (Å²) in [7, 11) is -4.00. The molecule has 32 heavy (non-hydrogen) atoms. The van der Waals surface area contributed by atoms with Crippen molar-refractivity contribution in [3.63, 3.8) is 0 Å².